The van der Waals surface area contributed by atoms with E-state index in [0.29, 0.717) is 36.3 Å². The van der Waals surface area contributed by atoms with Gasteiger partial charge in [-0.05, 0) is 6.07 Å². The molecule has 0 aliphatic carbocycles. The number of amides is 2. The number of rotatable bonds is 3. The average molecular weight is 341 g/mol. The van der Waals surface area contributed by atoms with Crippen LogP contribution in [0.1, 0.15) is 11.7 Å². The quantitative estimate of drug-likeness (QED) is 0.841. The molecule has 0 N–H and O–H groups in total. The van der Waals surface area contributed by atoms with E-state index in [1.54, 1.807) is 21.6 Å². The Bertz CT molecular complexity index is 584. The first-order chi connectivity index (χ1) is 10.6. The minimum Gasteiger partial charge on any atom is -0.370 e. The number of hydrogen-bond donors (Lipinski definition) is 0. The van der Waals surface area contributed by atoms with Crippen molar-refractivity contribution in [1.82, 2.24) is 9.80 Å². The fraction of sp³-hybridized carbons (Fsp3) is 0.467. The van der Waals surface area contributed by atoms with E-state index < -0.39 is 0 Å². The number of morpholine rings is 1. The van der Waals surface area contributed by atoms with Crippen molar-refractivity contribution in [1.29, 1.82) is 0 Å². The van der Waals surface area contributed by atoms with E-state index >= 15 is 0 Å². The molecule has 2 aliphatic heterocycles. The second-order valence-corrected chi connectivity index (χ2v) is 6.65. The summed E-state index contributed by atoms with van der Waals surface area (Å²) in [7, 11) is 0. The molecule has 2 heterocycles. The summed E-state index contributed by atoms with van der Waals surface area (Å²) in [4.78, 5) is 27.4. The molecule has 0 radical (unpaired) electrons. The van der Waals surface area contributed by atoms with Crippen LogP contribution in [0.3, 0.4) is 0 Å². The number of ether oxygens (including phenoxy) is 1. The van der Waals surface area contributed by atoms with Crippen molar-refractivity contribution in [3.05, 3.63) is 34.9 Å². The first-order valence-electron chi connectivity index (χ1n) is 7.14. The molecule has 118 valence electrons. The highest BCUT2D eigenvalue weighted by Crippen LogP contribution is 2.28. The topological polar surface area (TPSA) is 49.9 Å². The van der Waals surface area contributed by atoms with Crippen LogP contribution in [0.5, 0.6) is 0 Å². The SMILES string of the molecule is O=C1CSCN1CC(=O)N1CCO[C@H](c2ccccc2Cl)C1. The van der Waals surface area contributed by atoms with Gasteiger partial charge in [0.1, 0.15) is 12.6 Å². The number of nitrogens with zero attached hydrogens (tertiary/aromatic N) is 2. The Labute approximate surface area is 138 Å². The number of benzene rings is 1. The molecular formula is C15H17ClN2O3S. The molecule has 22 heavy (non-hydrogen) atoms. The number of thioether (sulfide) groups is 1. The summed E-state index contributed by atoms with van der Waals surface area (Å²) >= 11 is 7.74. The van der Waals surface area contributed by atoms with Gasteiger partial charge in [0.05, 0.1) is 24.8 Å². The van der Waals surface area contributed by atoms with Gasteiger partial charge in [-0.2, -0.15) is 0 Å². The summed E-state index contributed by atoms with van der Waals surface area (Å²) in [6, 6.07) is 7.52. The fourth-order valence-electron chi connectivity index (χ4n) is 2.60. The van der Waals surface area contributed by atoms with E-state index in [0.717, 1.165) is 5.56 Å². The van der Waals surface area contributed by atoms with Crippen LogP contribution in [0.2, 0.25) is 5.02 Å². The first-order valence-corrected chi connectivity index (χ1v) is 8.68. The van der Waals surface area contributed by atoms with Crippen LogP contribution in [-0.4, -0.2) is 59.5 Å². The molecule has 1 aromatic rings. The van der Waals surface area contributed by atoms with Crippen LogP contribution < -0.4 is 0 Å². The summed E-state index contributed by atoms with van der Waals surface area (Å²) in [5, 5.41) is 0.646. The Morgan fingerprint density at radius 1 is 1.41 bits per heavy atom. The number of carbonyl (C=O) groups excluding carboxylic acids is 2. The fourth-order valence-corrected chi connectivity index (χ4v) is 3.77. The van der Waals surface area contributed by atoms with Gasteiger partial charge in [-0.25, -0.2) is 0 Å². The van der Waals surface area contributed by atoms with Gasteiger partial charge in [-0.15, -0.1) is 11.8 Å². The summed E-state index contributed by atoms with van der Waals surface area (Å²) < 4.78 is 5.75. The van der Waals surface area contributed by atoms with Gasteiger partial charge < -0.3 is 14.5 Å². The Hall–Kier alpha value is -1.24. The number of halogens is 1. The first kappa shape index (κ1) is 15.6. The largest absolute Gasteiger partial charge is 0.370 e. The molecule has 1 aromatic carbocycles. The summed E-state index contributed by atoms with van der Waals surface area (Å²) in [6.45, 7) is 1.65. The molecule has 2 fully saturated rings. The van der Waals surface area contributed by atoms with Crippen LogP contribution in [0.15, 0.2) is 24.3 Å². The molecule has 2 amide bonds. The van der Waals surface area contributed by atoms with Gasteiger partial charge >= 0.3 is 0 Å². The number of carbonyl (C=O) groups is 2. The molecule has 0 spiro atoms. The molecule has 2 aliphatic rings. The molecular weight excluding hydrogens is 324 g/mol. The third kappa shape index (κ3) is 3.39. The van der Waals surface area contributed by atoms with Crippen LogP contribution in [0, 0.1) is 0 Å². The molecule has 0 bridgehead atoms. The molecule has 5 nitrogen and oxygen atoms in total. The van der Waals surface area contributed by atoms with Crippen LogP contribution in [0.4, 0.5) is 0 Å². The lowest BCUT2D eigenvalue weighted by Crippen LogP contribution is -2.47. The van der Waals surface area contributed by atoms with Gasteiger partial charge in [0, 0.05) is 17.1 Å². The van der Waals surface area contributed by atoms with Crippen LogP contribution in [0.25, 0.3) is 0 Å². The summed E-state index contributed by atoms with van der Waals surface area (Å²) in [5.41, 5.74) is 0.898. The van der Waals surface area contributed by atoms with Gasteiger partial charge in [0.15, 0.2) is 0 Å². The van der Waals surface area contributed by atoms with Crippen molar-refractivity contribution >= 4 is 35.2 Å². The number of hydrogen-bond acceptors (Lipinski definition) is 4. The van der Waals surface area contributed by atoms with Gasteiger partial charge in [0.25, 0.3) is 0 Å². The van der Waals surface area contributed by atoms with E-state index in [4.69, 9.17) is 16.3 Å². The van der Waals surface area contributed by atoms with Crippen molar-refractivity contribution in [2.24, 2.45) is 0 Å². The molecule has 0 aromatic heterocycles. The zero-order valence-electron chi connectivity index (χ0n) is 12.0. The van der Waals surface area contributed by atoms with E-state index in [-0.39, 0.29) is 24.5 Å². The second-order valence-electron chi connectivity index (χ2n) is 5.29. The Morgan fingerprint density at radius 3 is 2.95 bits per heavy atom. The van der Waals surface area contributed by atoms with Crippen LogP contribution >= 0.6 is 23.4 Å². The third-order valence-corrected chi connectivity index (χ3v) is 5.11. The molecule has 0 unspecified atom stereocenters. The lowest BCUT2D eigenvalue weighted by Gasteiger charge is -2.34. The van der Waals surface area contributed by atoms with Crippen molar-refractivity contribution in [3.8, 4) is 0 Å². The highest BCUT2D eigenvalue weighted by Gasteiger charge is 2.29. The van der Waals surface area contributed by atoms with Gasteiger partial charge in [0.2, 0.25) is 11.8 Å². The van der Waals surface area contributed by atoms with Crippen molar-refractivity contribution in [2.75, 3.05) is 37.9 Å². The maximum atomic E-state index is 12.4. The zero-order valence-corrected chi connectivity index (χ0v) is 13.6. The van der Waals surface area contributed by atoms with E-state index in [9.17, 15) is 9.59 Å². The Balaban J connectivity index is 1.64. The van der Waals surface area contributed by atoms with Crippen molar-refractivity contribution in [3.63, 3.8) is 0 Å². The smallest absolute Gasteiger partial charge is 0.242 e. The van der Waals surface area contributed by atoms with Crippen molar-refractivity contribution < 1.29 is 14.3 Å². The average Bonchev–Trinajstić information content (AvgIpc) is 2.93. The van der Waals surface area contributed by atoms with E-state index in [2.05, 4.69) is 0 Å². The van der Waals surface area contributed by atoms with E-state index in [1.165, 1.54) is 0 Å². The highest BCUT2D eigenvalue weighted by atomic mass is 35.5. The summed E-state index contributed by atoms with van der Waals surface area (Å²) in [6.07, 6.45) is -0.213. The monoisotopic (exact) mass is 340 g/mol. The highest BCUT2D eigenvalue weighted by molar-refractivity contribution is 8.00. The van der Waals surface area contributed by atoms with Crippen molar-refractivity contribution in [2.45, 2.75) is 6.10 Å². The molecule has 3 rings (SSSR count). The standard InChI is InChI=1S/C15H17ClN2O3S/c16-12-4-2-1-3-11(12)13-7-17(5-6-21-13)14(19)8-18-10-22-9-15(18)20/h1-4,13H,5-10H2/t13-/m0/s1. The second kappa shape index (κ2) is 6.89. The maximum absolute atomic E-state index is 12.4. The normalized spacial score (nSPS) is 22.2. The van der Waals surface area contributed by atoms with Gasteiger partial charge in [-0.1, -0.05) is 29.8 Å². The predicted octanol–water partition coefficient (Wildman–Crippen LogP) is 1.77. The maximum Gasteiger partial charge on any atom is 0.242 e. The molecule has 2 saturated heterocycles. The molecule has 1 atom stereocenters. The Morgan fingerprint density at radius 2 is 2.23 bits per heavy atom. The van der Waals surface area contributed by atoms with E-state index in [1.807, 2.05) is 24.3 Å². The summed E-state index contributed by atoms with van der Waals surface area (Å²) in [5.74, 6) is 1.08. The minimum atomic E-state index is -0.213. The van der Waals surface area contributed by atoms with Crippen LogP contribution in [-0.2, 0) is 14.3 Å². The van der Waals surface area contributed by atoms with Gasteiger partial charge in [-0.3, -0.25) is 9.59 Å². The minimum absolute atomic E-state index is 0.0313. The molecule has 7 heteroatoms. The Kier molecular flexibility index (Phi) is 4.90. The zero-order chi connectivity index (χ0) is 15.5. The lowest BCUT2D eigenvalue weighted by molar-refractivity contribution is -0.143. The third-order valence-electron chi connectivity index (χ3n) is 3.82. The predicted molar refractivity (Wildman–Crippen MR) is 85.8 cm³/mol. The lowest BCUT2D eigenvalue weighted by atomic mass is 10.1. The molecule has 0 saturated carbocycles.